The number of aromatic nitrogens is 2. The second-order valence-electron chi connectivity index (χ2n) is 2.20. The number of rotatable bonds is 0. The molecule has 0 saturated heterocycles. The Bertz CT molecular complexity index is 398. The van der Waals surface area contributed by atoms with Crippen molar-refractivity contribution in [2.24, 2.45) is 0 Å². The van der Waals surface area contributed by atoms with Gasteiger partial charge >= 0.3 is 0 Å². The van der Waals surface area contributed by atoms with Crippen molar-refractivity contribution in [2.75, 3.05) is 0 Å². The monoisotopic (exact) mass is 228 g/mol. The lowest BCUT2D eigenvalue weighted by molar-refractivity contribution is 0.613. The van der Waals surface area contributed by atoms with E-state index in [1.165, 1.54) is 0 Å². The first-order valence-electron chi connectivity index (χ1n) is 5.15. The van der Waals surface area contributed by atoms with Crippen molar-refractivity contribution in [3.8, 4) is 0 Å². The fourth-order valence-corrected chi connectivity index (χ4v) is 1.20. The van der Waals surface area contributed by atoms with Gasteiger partial charge < -0.3 is 4.42 Å². The van der Waals surface area contributed by atoms with E-state index in [9.17, 15) is 0 Å². The molecule has 4 heteroatoms. The molecular formula is C11H17ClN2O. The minimum absolute atomic E-state index is 0.373. The lowest BCUT2D eigenvalue weighted by Gasteiger charge is -1.92. The minimum atomic E-state index is 0.373. The Morgan fingerprint density at radius 2 is 1.73 bits per heavy atom. The van der Waals surface area contributed by atoms with Gasteiger partial charge in [-0.05, 0) is 6.92 Å². The van der Waals surface area contributed by atoms with E-state index in [1.807, 2.05) is 27.7 Å². The van der Waals surface area contributed by atoms with Crippen LogP contribution >= 0.6 is 11.6 Å². The first-order valence-corrected chi connectivity index (χ1v) is 5.52. The summed E-state index contributed by atoms with van der Waals surface area (Å²) >= 11 is 5.76. The van der Waals surface area contributed by atoms with Crippen molar-refractivity contribution in [3.05, 3.63) is 23.3 Å². The SMILES string of the molecule is CC.CC.Cc1nc(Cl)c2occc2n1. The molecule has 0 bridgehead atoms. The standard InChI is InChI=1S/C7H5ClN2O.2C2H6/c1-4-9-5-2-3-11-6(5)7(8)10-4;2*1-2/h2-3H,1H3;2*1-2H3. The molecule has 2 aromatic rings. The first-order chi connectivity index (χ1) is 7.27. The lowest BCUT2D eigenvalue weighted by atomic mass is 10.4. The van der Waals surface area contributed by atoms with E-state index < -0.39 is 0 Å². The minimum Gasteiger partial charge on any atom is -0.459 e. The predicted molar refractivity (Wildman–Crippen MR) is 64.2 cm³/mol. The van der Waals surface area contributed by atoms with Gasteiger partial charge in [0, 0.05) is 6.07 Å². The summed E-state index contributed by atoms with van der Waals surface area (Å²) in [6.45, 7) is 9.79. The molecule has 0 atom stereocenters. The molecule has 2 aromatic heterocycles. The molecule has 0 aliphatic rings. The van der Waals surface area contributed by atoms with Gasteiger partial charge in [-0.2, -0.15) is 0 Å². The van der Waals surface area contributed by atoms with E-state index in [2.05, 4.69) is 9.97 Å². The van der Waals surface area contributed by atoms with Gasteiger partial charge in [-0.1, -0.05) is 39.3 Å². The third-order valence-electron chi connectivity index (χ3n) is 1.37. The number of hydrogen-bond acceptors (Lipinski definition) is 3. The molecule has 0 unspecified atom stereocenters. The maximum atomic E-state index is 5.76. The van der Waals surface area contributed by atoms with Crippen molar-refractivity contribution >= 4 is 22.7 Å². The molecule has 0 fully saturated rings. The molecular weight excluding hydrogens is 212 g/mol. The van der Waals surface area contributed by atoms with Crippen LogP contribution in [0.3, 0.4) is 0 Å². The summed E-state index contributed by atoms with van der Waals surface area (Å²) in [4.78, 5) is 8.04. The van der Waals surface area contributed by atoms with Crippen LogP contribution in [0.5, 0.6) is 0 Å². The van der Waals surface area contributed by atoms with Crippen LogP contribution < -0.4 is 0 Å². The number of halogens is 1. The summed E-state index contributed by atoms with van der Waals surface area (Å²) in [6, 6.07) is 1.76. The molecule has 2 heterocycles. The molecule has 0 radical (unpaired) electrons. The van der Waals surface area contributed by atoms with Crippen LogP contribution in [-0.4, -0.2) is 9.97 Å². The third kappa shape index (κ3) is 3.51. The van der Waals surface area contributed by atoms with Crippen molar-refractivity contribution in [2.45, 2.75) is 34.6 Å². The van der Waals surface area contributed by atoms with Crippen molar-refractivity contribution in [3.63, 3.8) is 0 Å². The molecule has 0 aliphatic heterocycles. The summed E-state index contributed by atoms with van der Waals surface area (Å²) in [5.41, 5.74) is 1.31. The van der Waals surface area contributed by atoms with Gasteiger partial charge in [0.1, 0.15) is 11.3 Å². The zero-order valence-electron chi connectivity index (χ0n) is 9.84. The Kier molecular flexibility index (Phi) is 6.71. The highest BCUT2D eigenvalue weighted by Crippen LogP contribution is 2.20. The number of aryl methyl sites for hydroxylation is 1. The highest BCUT2D eigenvalue weighted by Gasteiger charge is 2.04. The summed E-state index contributed by atoms with van der Waals surface area (Å²) in [5.74, 6) is 0.656. The second kappa shape index (κ2) is 7.23. The molecule has 0 amide bonds. The highest BCUT2D eigenvalue weighted by atomic mass is 35.5. The van der Waals surface area contributed by atoms with Crippen LogP contribution in [0, 0.1) is 6.92 Å². The highest BCUT2D eigenvalue weighted by molar-refractivity contribution is 6.33. The van der Waals surface area contributed by atoms with Gasteiger partial charge in [0.15, 0.2) is 10.7 Å². The fraction of sp³-hybridized carbons (Fsp3) is 0.455. The van der Waals surface area contributed by atoms with Crippen molar-refractivity contribution in [1.82, 2.24) is 9.97 Å². The molecule has 15 heavy (non-hydrogen) atoms. The van der Waals surface area contributed by atoms with E-state index in [1.54, 1.807) is 19.3 Å². The van der Waals surface area contributed by atoms with Gasteiger partial charge in [0.05, 0.1) is 6.26 Å². The van der Waals surface area contributed by atoms with Crippen LogP contribution in [0.25, 0.3) is 11.1 Å². The van der Waals surface area contributed by atoms with Crippen LogP contribution in [0.15, 0.2) is 16.7 Å². The summed E-state index contributed by atoms with van der Waals surface area (Å²) in [6.07, 6.45) is 1.55. The van der Waals surface area contributed by atoms with E-state index in [4.69, 9.17) is 16.0 Å². The van der Waals surface area contributed by atoms with Crippen LogP contribution in [0.2, 0.25) is 5.15 Å². The first kappa shape index (κ1) is 13.9. The molecule has 2 rings (SSSR count). The normalized spacial score (nSPS) is 8.67. The van der Waals surface area contributed by atoms with Crippen LogP contribution in [0.4, 0.5) is 0 Å². The Balaban J connectivity index is 0.000000442. The fourth-order valence-electron chi connectivity index (χ4n) is 0.937. The lowest BCUT2D eigenvalue weighted by Crippen LogP contribution is -1.86. The van der Waals surface area contributed by atoms with E-state index in [0.29, 0.717) is 16.6 Å². The predicted octanol–water partition coefficient (Wildman–Crippen LogP) is 4.24. The molecule has 0 aliphatic carbocycles. The van der Waals surface area contributed by atoms with Gasteiger partial charge in [-0.15, -0.1) is 0 Å². The Hall–Kier alpha value is -1.09. The largest absolute Gasteiger partial charge is 0.459 e. The maximum absolute atomic E-state index is 5.76. The molecule has 84 valence electrons. The Morgan fingerprint density at radius 3 is 2.33 bits per heavy atom. The molecule has 0 N–H and O–H groups in total. The summed E-state index contributed by atoms with van der Waals surface area (Å²) < 4.78 is 5.05. The zero-order valence-corrected chi connectivity index (χ0v) is 10.6. The molecule has 3 nitrogen and oxygen atoms in total. The smallest absolute Gasteiger partial charge is 0.189 e. The molecule has 0 aromatic carbocycles. The van der Waals surface area contributed by atoms with Gasteiger partial charge in [-0.25, -0.2) is 9.97 Å². The molecule has 0 spiro atoms. The average molecular weight is 229 g/mol. The van der Waals surface area contributed by atoms with E-state index in [0.717, 1.165) is 5.52 Å². The van der Waals surface area contributed by atoms with Gasteiger partial charge in [-0.3, -0.25) is 0 Å². The van der Waals surface area contributed by atoms with Gasteiger partial charge in [0.2, 0.25) is 0 Å². The average Bonchev–Trinajstić information content (AvgIpc) is 2.72. The van der Waals surface area contributed by atoms with Crippen LogP contribution in [-0.2, 0) is 0 Å². The quantitative estimate of drug-likeness (QED) is 0.633. The van der Waals surface area contributed by atoms with E-state index >= 15 is 0 Å². The van der Waals surface area contributed by atoms with Crippen molar-refractivity contribution in [1.29, 1.82) is 0 Å². The maximum Gasteiger partial charge on any atom is 0.189 e. The zero-order chi connectivity index (χ0) is 11.8. The summed E-state index contributed by atoms with van der Waals surface area (Å²) in [5, 5.41) is 0.373. The Labute approximate surface area is 95.5 Å². The number of furan rings is 1. The topological polar surface area (TPSA) is 38.9 Å². The van der Waals surface area contributed by atoms with Crippen molar-refractivity contribution < 1.29 is 4.42 Å². The Morgan fingerprint density at radius 1 is 1.13 bits per heavy atom. The molecule has 0 saturated carbocycles. The van der Waals surface area contributed by atoms with E-state index in [-0.39, 0.29) is 0 Å². The third-order valence-corrected chi connectivity index (χ3v) is 1.63. The van der Waals surface area contributed by atoms with Gasteiger partial charge in [0.25, 0.3) is 0 Å². The number of hydrogen-bond donors (Lipinski definition) is 0. The number of nitrogens with zero attached hydrogens (tertiary/aromatic N) is 2. The van der Waals surface area contributed by atoms with Crippen LogP contribution in [0.1, 0.15) is 33.5 Å². The summed E-state index contributed by atoms with van der Waals surface area (Å²) in [7, 11) is 0. The second-order valence-corrected chi connectivity index (χ2v) is 2.55. The number of fused-ring (bicyclic) bond motifs is 1.